The fourth-order valence-corrected chi connectivity index (χ4v) is 4.91. The molecule has 0 amide bonds. The number of piperidine rings is 1. The van der Waals surface area contributed by atoms with Crippen LogP contribution in [0, 0.1) is 5.92 Å². The molecule has 0 aliphatic carbocycles. The van der Waals surface area contributed by atoms with Crippen LogP contribution in [0.4, 0.5) is 11.4 Å². The first-order valence-corrected chi connectivity index (χ1v) is 10.8. The number of anilines is 2. The van der Waals surface area contributed by atoms with Crippen LogP contribution in [0.3, 0.4) is 0 Å². The Labute approximate surface area is 146 Å². The van der Waals surface area contributed by atoms with Crippen molar-refractivity contribution in [3.63, 3.8) is 0 Å². The summed E-state index contributed by atoms with van der Waals surface area (Å²) in [5, 5.41) is -0.388. The van der Waals surface area contributed by atoms with Crippen LogP contribution in [-0.2, 0) is 9.84 Å². The van der Waals surface area contributed by atoms with Gasteiger partial charge in [-0.3, -0.25) is 0 Å². The van der Waals surface area contributed by atoms with Crippen molar-refractivity contribution in [2.45, 2.75) is 56.6 Å². The van der Waals surface area contributed by atoms with Crippen LogP contribution < -0.4 is 9.80 Å². The molecule has 3 rings (SSSR count). The van der Waals surface area contributed by atoms with Gasteiger partial charge in [0.05, 0.1) is 15.8 Å². The molecule has 2 saturated heterocycles. The van der Waals surface area contributed by atoms with E-state index in [1.807, 2.05) is 12.1 Å². The first-order chi connectivity index (χ1) is 11.4. The lowest BCUT2D eigenvalue weighted by atomic mass is 9.99. The van der Waals surface area contributed by atoms with E-state index >= 15 is 0 Å². The molecule has 0 bridgehead atoms. The van der Waals surface area contributed by atoms with Crippen molar-refractivity contribution in [2.24, 2.45) is 5.92 Å². The maximum atomic E-state index is 12.8. The summed E-state index contributed by atoms with van der Waals surface area (Å²) >= 11 is 0. The Balaban J connectivity index is 1.98. The fraction of sp³-hybridized carbons (Fsp3) is 0.684. The van der Waals surface area contributed by atoms with Gasteiger partial charge in [0, 0.05) is 31.9 Å². The van der Waals surface area contributed by atoms with Crippen molar-refractivity contribution >= 4 is 21.2 Å². The highest BCUT2D eigenvalue weighted by Gasteiger charge is 2.27. The maximum Gasteiger partial charge on any atom is 0.182 e. The van der Waals surface area contributed by atoms with Gasteiger partial charge in [-0.1, -0.05) is 6.92 Å². The molecule has 0 spiro atoms. The quantitative estimate of drug-likeness (QED) is 0.830. The van der Waals surface area contributed by atoms with Gasteiger partial charge in [0.2, 0.25) is 0 Å². The van der Waals surface area contributed by atoms with Crippen molar-refractivity contribution in [1.82, 2.24) is 0 Å². The van der Waals surface area contributed by atoms with Gasteiger partial charge in [-0.25, -0.2) is 8.42 Å². The maximum absolute atomic E-state index is 12.8. The molecule has 2 aliphatic rings. The summed E-state index contributed by atoms with van der Waals surface area (Å²) in [5.41, 5.74) is 2.09. The number of sulfone groups is 1. The van der Waals surface area contributed by atoms with Crippen LogP contribution in [0.2, 0.25) is 0 Å². The lowest BCUT2D eigenvalue weighted by molar-refractivity contribution is 0.438. The zero-order chi connectivity index (χ0) is 17.3. The summed E-state index contributed by atoms with van der Waals surface area (Å²) in [7, 11) is -3.26. The van der Waals surface area contributed by atoms with E-state index in [0.29, 0.717) is 4.90 Å². The van der Waals surface area contributed by atoms with Crippen molar-refractivity contribution in [3.8, 4) is 0 Å². The van der Waals surface area contributed by atoms with Gasteiger partial charge in [-0.15, -0.1) is 0 Å². The van der Waals surface area contributed by atoms with Gasteiger partial charge in [0.15, 0.2) is 9.84 Å². The smallest absolute Gasteiger partial charge is 0.182 e. The van der Waals surface area contributed by atoms with Gasteiger partial charge in [0.25, 0.3) is 0 Å². The average molecular weight is 351 g/mol. The first-order valence-electron chi connectivity index (χ1n) is 9.27. The van der Waals surface area contributed by atoms with Gasteiger partial charge < -0.3 is 9.80 Å². The van der Waals surface area contributed by atoms with Crippen LogP contribution in [0.15, 0.2) is 23.1 Å². The Kier molecular flexibility index (Phi) is 5.09. The number of hydrogen-bond acceptors (Lipinski definition) is 4. The lowest BCUT2D eigenvalue weighted by Crippen LogP contribution is -2.33. The normalized spacial score (nSPS) is 20.2. The summed E-state index contributed by atoms with van der Waals surface area (Å²) in [4.78, 5) is 5.17. The molecule has 0 radical (unpaired) electrons. The first kappa shape index (κ1) is 17.6. The minimum absolute atomic E-state index is 0.388. The van der Waals surface area contributed by atoms with E-state index in [2.05, 4.69) is 22.8 Å². The zero-order valence-electron chi connectivity index (χ0n) is 15.2. The predicted octanol–water partition coefficient (Wildman–Crippen LogP) is 3.71. The van der Waals surface area contributed by atoms with E-state index in [-0.39, 0.29) is 5.25 Å². The van der Waals surface area contributed by atoms with E-state index in [0.717, 1.165) is 50.6 Å². The highest BCUT2D eigenvalue weighted by molar-refractivity contribution is 7.92. The third-order valence-corrected chi connectivity index (χ3v) is 7.66. The van der Waals surface area contributed by atoms with Crippen molar-refractivity contribution in [1.29, 1.82) is 0 Å². The summed E-state index contributed by atoms with van der Waals surface area (Å²) < 4.78 is 25.6. The molecule has 1 aromatic carbocycles. The molecular formula is C19H30N2O2S. The number of hydrogen-bond donors (Lipinski definition) is 0. The molecular weight excluding hydrogens is 320 g/mol. The highest BCUT2D eigenvalue weighted by atomic mass is 32.2. The third kappa shape index (κ3) is 3.41. The Morgan fingerprint density at radius 2 is 1.62 bits per heavy atom. The Hall–Kier alpha value is -1.23. The molecule has 0 unspecified atom stereocenters. The summed E-state index contributed by atoms with van der Waals surface area (Å²) in [6.07, 6.45) is 4.72. The second-order valence-corrected chi connectivity index (χ2v) is 10.1. The molecule has 5 heteroatoms. The minimum atomic E-state index is -3.26. The van der Waals surface area contributed by atoms with Crippen LogP contribution >= 0.6 is 0 Å². The van der Waals surface area contributed by atoms with Gasteiger partial charge >= 0.3 is 0 Å². The molecule has 0 N–H and O–H groups in total. The number of benzene rings is 1. The standard InChI is InChI=1S/C19H30N2O2S/c1-15(2)24(22,23)19-7-6-17(20-12-8-16(3)9-13-20)14-18(19)21-10-4-5-11-21/h6-7,14-16H,4-5,8-13H2,1-3H3. The summed E-state index contributed by atoms with van der Waals surface area (Å²) in [6, 6.07) is 5.97. The van der Waals surface area contributed by atoms with E-state index in [4.69, 9.17) is 0 Å². The third-order valence-electron chi connectivity index (χ3n) is 5.47. The van der Waals surface area contributed by atoms with Crippen LogP contribution in [0.1, 0.15) is 46.5 Å². The van der Waals surface area contributed by atoms with E-state index in [1.165, 1.54) is 18.5 Å². The van der Waals surface area contributed by atoms with Gasteiger partial charge in [-0.05, 0) is 63.6 Å². The largest absolute Gasteiger partial charge is 0.371 e. The van der Waals surface area contributed by atoms with Gasteiger partial charge in [0.1, 0.15) is 0 Å². The SMILES string of the molecule is CC1CCN(c2ccc(S(=O)(=O)C(C)C)c(N3CCCC3)c2)CC1. The number of rotatable bonds is 4. The molecule has 2 fully saturated rings. The number of nitrogens with zero attached hydrogens (tertiary/aromatic N) is 2. The molecule has 134 valence electrons. The molecule has 0 atom stereocenters. The Morgan fingerprint density at radius 3 is 2.21 bits per heavy atom. The topological polar surface area (TPSA) is 40.6 Å². The molecule has 2 heterocycles. The van der Waals surface area contributed by atoms with Crippen molar-refractivity contribution < 1.29 is 8.42 Å². The summed E-state index contributed by atoms with van der Waals surface area (Å²) in [5.74, 6) is 0.792. The molecule has 0 aromatic heterocycles. The second-order valence-electron chi connectivity index (χ2n) is 7.61. The fourth-order valence-electron chi connectivity index (χ4n) is 3.67. The van der Waals surface area contributed by atoms with E-state index in [1.54, 1.807) is 13.8 Å². The molecule has 24 heavy (non-hydrogen) atoms. The van der Waals surface area contributed by atoms with E-state index in [9.17, 15) is 8.42 Å². The predicted molar refractivity (Wildman–Crippen MR) is 101 cm³/mol. The molecule has 1 aromatic rings. The average Bonchev–Trinajstić information content (AvgIpc) is 3.09. The van der Waals surface area contributed by atoms with Crippen LogP contribution in [0.25, 0.3) is 0 Å². The Bertz CT molecular complexity index is 671. The van der Waals surface area contributed by atoms with Crippen LogP contribution in [-0.4, -0.2) is 39.8 Å². The van der Waals surface area contributed by atoms with Crippen molar-refractivity contribution in [2.75, 3.05) is 36.0 Å². The summed E-state index contributed by atoms with van der Waals surface area (Å²) in [6.45, 7) is 9.90. The lowest BCUT2D eigenvalue weighted by Gasteiger charge is -2.33. The van der Waals surface area contributed by atoms with E-state index < -0.39 is 9.84 Å². The van der Waals surface area contributed by atoms with Crippen LogP contribution in [0.5, 0.6) is 0 Å². The van der Waals surface area contributed by atoms with Gasteiger partial charge in [-0.2, -0.15) is 0 Å². The zero-order valence-corrected chi connectivity index (χ0v) is 16.0. The molecule has 0 saturated carbocycles. The molecule has 4 nitrogen and oxygen atoms in total. The monoisotopic (exact) mass is 350 g/mol. The minimum Gasteiger partial charge on any atom is -0.371 e. The molecule has 2 aliphatic heterocycles. The second kappa shape index (κ2) is 6.95. The van der Waals surface area contributed by atoms with Crippen molar-refractivity contribution in [3.05, 3.63) is 18.2 Å². The highest BCUT2D eigenvalue weighted by Crippen LogP contribution is 2.35. The Morgan fingerprint density at radius 1 is 1.00 bits per heavy atom.